The van der Waals surface area contributed by atoms with Crippen molar-refractivity contribution in [2.75, 3.05) is 0 Å². The second-order valence-corrected chi connectivity index (χ2v) is 6.00. The number of nitrogens with zero attached hydrogens (tertiary/aromatic N) is 1. The van der Waals surface area contributed by atoms with E-state index in [1.54, 1.807) is 11.3 Å². The number of nitrogens with one attached hydrogen (secondary N) is 1. The van der Waals surface area contributed by atoms with Gasteiger partial charge >= 0.3 is 0 Å². The van der Waals surface area contributed by atoms with Gasteiger partial charge in [0.05, 0.1) is 11.6 Å². The summed E-state index contributed by atoms with van der Waals surface area (Å²) in [6, 6.07) is 12.2. The number of hydrogen-bond acceptors (Lipinski definition) is 4. The molecule has 3 N–H and O–H groups in total. The van der Waals surface area contributed by atoms with E-state index in [2.05, 4.69) is 38.5 Å². The van der Waals surface area contributed by atoms with Crippen molar-refractivity contribution in [1.29, 1.82) is 0 Å². The molecule has 1 unspecified atom stereocenters. The maximum Gasteiger partial charge on any atom is 0.0828 e. The quantitative estimate of drug-likeness (QED) is 0.568. The first-order chi connectivity index (χ1) is 9.29. The molecule has 0 radical (unpaired) electrons. The molecular formula is C14H12BrN3S. The van der Waals surface area contributed by atoms with Crippen molar-refractivity contribution in [3.8, 4) is 0 Å². The molecule has 0 bridgehead atoms. The predicted octanol–water partition coefficient (Wildman–Crippen LogP) is 3.61. The van der Waals surface area contributed by atoms with E-state index in [4.69, 9.17) is 5.84 Å². The highest BCUT2D eigenvalue weighted by Crippen LogP contribution is 2.33. The fourth-order valence-corrected chi connectivity index (χ4v) is 3.77. The number of pyridine rings is 1. The molecule has 0 aliphatic carbocycles. The molecule has 0 aliphatic heterocycles. The van der Waals surface area contributed by atoms with Crippen LogP contribution in [0.5, 0.6) is 0 Å². The molecule has 0 spiro atoms. The molecule has 5 heteroatoms. The first-order valence-corrected chi connectivity index (χ1v) is 7.50. The van der Waals surface area contributed by atoms with E-state index in [0.717, 1.165) is 25.8 Å². The van der Waals surface area contributed by atoms with Crippen LogP contribution in [0, 0.1) is 0 Å². The van der Waals surface area contributed by atoms with E-state index in [-0.39, 0.29) is 6.04 Å². The number of fused-ring (bicyclic) bond motifs is 1. The Morgan fingerprint density at radius 2 is 2.11 bits per heavy atom. The zero-order chi connectivity index (χ0) is 13.2. The third-order valence-electron chi connectivity index (χ3n) is 3.02. The van der Waals surface area contributed by atoms with Gasteiger partial charge in [-0.3, -0.25) is 10.8 Å². The first kappa shape index (κ1) is 12.7. The minimum absolute atomic E-state index is 0.0496. The van der Waals surface area contributed by atoms with Gasteiger partial charge in [-0.2, -0.15) is 0 Å². The molecule has 19 heavy (non-hydrogen) atoms. The van der Waals surface area contributed by atoms with Crippen LogP contribution in [-0.2, 0) is 0 Å². The van der Waals surface area contributed by atoms with E-state index in [1.807, 2.05) is 35.8 Å². The second kappa shape index (κ2) is 5.38. The van der Waals surface area contributed by atoms with E-state index in [0.29, 0.717) is 0 Å². The molecule has 3 rings (SSSR count). The second-order valence-electron chi connectivity index (χ2n) is 4.19. The van der Waals surface area contributed by atoms with Crippen molar-refractivity contribution < 1.29 is 0 Å². The molecule has 96 valence electrons. The zero-order valence-corrected chi connectivity index (χ0v) is 12.4. The Bertz CT molecular complexity index is 710. The number of para-hydroxylation sites is 1. The van der Waals surface area contributed by atoms with Gasteiger partial charge in [0, 0.05) is 20.9 Å². The normalized spacial score (nSPS) is 12.7. The van der Waals surface area contributed by atoms with Gasteiger partial charge in [0.2, 0.25) is 0 Å². The lowest BCUT2D eigenvalue weighted by Crippen LogP contribution is -2.28. The van der Waals surface area contributed by atoms with Crippen molar-refractivity contribution in [3.05, 3.63) is 62.9 Å². The number of hydrogen-bond donors (Lipinski definition) is 2. The fraction of sp³-hybridized carbons (Fsp3) is 0.0714. The highest BCUT2D eigenvalue weighted by molar-refractivity contribution is 9.10. The van der Waals surface area contributed by atoms with Gasteiger partial charge in [-0.15, -0.1) is 11.3 Å². The molecule has 1 aromatic carbocycles. The molecule has 1 atom stereocenters. The average Bonchev–Trinajstić information content (AvgIpc) is 2.86. The third kappa shape index (κ3) is 2.42. The summed E-state index contributed by atoms with van der Waals surface area (Å²) in [5.74, 6) is 5.72. The number of rotatable bonds is 3. The molecule has 0 fully saturated rings. The topological polar surface area (TPSA) is 50.9 Å². The summed E-state index contributed by atoms with van der Waals surface area (Å²) in [5.41, 5.74) is 4.92. The minimum atomic E-state index is -0.0496. The molecule has 0 saturated carbocycles. The third-order valence-corrected chi connectivity index (χ3v) is 4.95. The van der Waals surface area contributed by atoms with Crippen LogP contribution in [-0.4, -0.2) is 4.98 Å². The smallest absolute Gasteiger partial charge is 0.0828 e. The number of thiophene rings is 1. The van der Waals surface area contributed by atoms with Gasteiger partial charge in [0.15, 0.2) is 0 Å². The van der Waals surface area contributed by atoms with Crippen LogP contribution in [0.25, 0.3) is 10.9 Å². The van der Waals surface area contributed by atoms with Gasteiger partial charge in [-0.25, -0.2) is 5.43 Å². The predicted molar refractivity (Wildman–Crippen MR) is 82.9 cm³/mol. The highest BCUT2D eigenvalue weighted by Gasteiger charge is 2.17. The number of halogens is 1. The highest BCUT2D eigenvalue weighted by atomic mass is 79.9. The molecule has 0 saturated heterocycles. The first-order valence-electron chi connectivity index (χ1n) is 5.83. The van der Waals surface area contributed by atoms with Crippen molar-refractivity contribution in [2.45, 2.75) is 6.04 Å². The largest absolute Gasteiger partial charge is 0.271 e. The van der Waals surface area contributed by atoms with Gasteiger partial charge in [-0.05, 0) is 45.1 Å². The van der Waals surface area contributed by atoms with Crippen molar-refractivity contribution in [2.24, 2.45) is 5.84 Å². The SMILES string of the molecule is NNC(c1cnc2ccccc2c1)c1sccc1Br. The Morgan fingerprint density at radius 1 is 1.26 bits per heavy atom. The van der Waals surface area contributed by atoms with E-state index < -0.39 is 0 Å². The van der Waals surface area contributed by atoms with Crippen LogP contribution in [0.15, 0.2) is 52.4 Å². The summed E-state index contributed by atoms with van der Waals surface area (Å²) in [6.45, 7) is 0. The van der Waals surface area contributed by atoms with Gasteiger partial charge < -0.3 is 0 Å². The summed E-state index contributed by atoms with van der Waals surface area (Å²) in [6.07, 6.45) is 1.87. The molecule has 0 aliphatic rings. The summed E-state index contributed by atoms with van der Waals surface area (Å²) >= 11 is 5.21. The van der Waals surface area contributed by atoms with Crippen LogP contribution in [0.2, 0.25) is 0 Å². The average molecular weight is 334 g/mol. The van der Waals surface area contributed by atoms with E-state index >= 15 is 0 Å². The van der Waals surface area contributed by atoms with Crippen molar-refractivity contribution >= 4 is 38.2 Å². The Kier molecular flexibility index (Phi) is 3.61. The number of aromatic nitrogens is 1. The molecule has 3 aromatic rings. The molecule has 2 heterocycles. The maximum absolute atomic E-state index is 5.72. The lowest BCUT2D eigenvalue weighted by Gasteiger charge is -2.15. The van der Waals surface area contributed by atoms with Crippen LogP contribution >= 0.6 is 27.3 Å². The molecular weight excluding hydrogens is 322 g/mol. The Morgan fingerprint density at radius 3 is 2.84 bits per heavy atom. The Hall–Kier alpha value is -1.27. The van der Waals surface area contributed by atoms with Gasteiger partial charge in [0.25, 0.3) is 0 Å². The monoisotopic (exact) mass is 333 g/mol. The van der Waals surface area contributed by atoms with Crippen LogP contribution in [0.4, 0.5) is 0 Å². The molecule has 3 nitrogen and oxygen atoms in total. The van der Waals surface area contributed by atoms with Crippen molar-refractivity contribution in [3.63, 3.8) is 0 Å². The minimum Gasteiger partial charge on any atom is -0.271 e. The van der Waals surface area contributed by atoms with E-state index in [1.165, 1.54) is 0 Å². The lowest BCUT2D eigenvalue weighted by atomic mass is 10.1. The summed E-state index contributed by atoms with van der Waals surface area (Å²) in [5, 5.41) is 3.16. The van der Waals surface area contributed by atoms with Crippen LogP contribution in [0.1, 0.15) is 16.5 Å². The number of nitrogens with two attached hydrogens (primary N) is 1. The summed E-state index contributed by atoms with van der Waals surface area (Å²) in [7, 11) is 0. The Labute approximate surface area is 123 Å². The Balaban J connectivity index is 2.09. The van der Waals surface area contributed by atoms with Crippen LogP contribution < -0.4 is 11.3 Å². The molecule has 0 amide bonds. The zero-order valence-electron chi connectivity index (χ0n) is 10.0. The summed E-state index contributed by atoms with van der Waals surface area (Å²) in [4.78, 5) is 5.64. The van der Waals surface area contributed by atoms with Gasteiger partial charge in [-0.1, -0.05) is 18.2 Å². The lowest BCUT2D eigenvalue weighted by molar-refractivity contribution is 0.643. The van der Waals surface area contributed by atoms with Gasteiger partial charge in [0.1, 0.15) is 0 Å². The standard InChI is InChI=1S/C14H12BrN3S/c15-11-5-6-19-14(11)13(18-16)10-7-9-3-1-2-4-12(9)17-8-10/h1-8,13,18H,16H2. The van der Waals surface area contributed by atoms with Crippen molar-refractivity contribution in [1.82, 2.24) is 10.4 Å². The fourth-order valence-electron chi connectivity index (χ4n) is 2.08. The number of hydrazine groups is 1. The summed E-state index contributed by atoms with van der Waals surface area (Å²) < 4.78 is 1.06. The number of benzene rings is 1. The maximum atomic E-state index is 5.72. The van der Waals surface area contributed by atoms with E-state index in [9.17, 15) is 0 Å². The van der Waals surface area contributed by atoms with Crippen LogP contribution in [0.3, 0.4) is 0 Å². The molecule has 2 aromatic heterocycles.